The van der Waals surface area contributed by atoms with Crippen LogP contribution in [0.3, 0.4) is 0 Å². The molecule has 1 spiro atoms. The normalized spacial score (nSPS) is 23.8. The van der Waals surface area contributed by atoms with E-state index in [4.69, 9.17) is 9.15 Å². The molecule has 7 nitrogen and oxygen atoms in total. The van der Waals surface area contributed by atoms with Crippen molar-refractivity contribution in [2.24, 2.45) is 0 Å². The van der Waals surface area contributed by atoms with E-state index in [9.17, 15) is 14.4 Å². The number of likely N-dealkylation sites (N-methyl/N-ethyl adjacent to an activating group) is 1. The third-order valence-electron chi connectivity index (χ3n) is 7.39. The van der Waals surface area contributed by atoms with Crippen molar-refractivity contribution in [3.8, 4) is 0 Å². The van der Waals surface area contributed by atoms with Crippen molar-refractivity contribution >= 4 is 28.5 Å². The molecule has 0 bridgehead atoms. The summed E-state index contributed by atoms with van der Waals surface area (Å²) in [5, 5.41) is 0.378. The van der Waals surface area contributed by atoms with Gasteiger partial charge in [-0.1, -0.05) is 18.2 Å². The summed E-state index contributed by atoms with van der Waals surface area (Å²) in [7, 11) is 1.68. The number of fused-ring (bicyclic) bond motifs is 5. The van der Waals surface area contributed by atoms with Crippen LogP contribution in [0.1, 0.15) is 45.7 Å². The standard InChI is InChI=1S/C26H24N2O5/c1-14-11-17-20(12-15(14)2)33-23-21(22(17)29)26(28(24(23)30)13-16-7-6-10-32-16)18-8-4-5-9-19(18)27(3)25(26)31/h4-5,8-9,11-12,16H,6-7,10,13H2,1-3H3. The predicted octanol–water partition coefficient (Wildman–Crippen LogP) is 3.26. The maximum absolute atomic E-state index is 14.0. The van der Waals surface area contributed by atoms with Crippen LogP contribution >= 0.6 is 0 Å². The van der Waals surface area contributed by atoms with Crippen LogP contribution in [-0.4, -0.2) is 43.0 Å². The van der Waals surface area contributed by atoms with Gasteiger partial charge in [0.15, 0.2) is 11.0 Å². The van der Waals surface area contributed by atoms with E-state index in [1.54, 1.807) is 19.2 Å². The molecule has 1 aromatic heterocycles. The van der Waals surface area contributed by atoms with Gasteiger partial charge in [-0.15, -0.1) is 0 Å². The van der Waals surface area contributed by atoms with E-state index >= 15 is 0 Å². The Kier molecular flexibility index (Phi) is 4.14. The molecule has 3 aliphatic heterocycles. The molecule has 4 heterocycles. The van der Waals surface area contributed by atoms with Gasteiger partial charge in [0.2, 0.25) is 5.76 Å². The first-order valence-corrected chi connectivity index (χ1v) is 11.3. The minimum Gasteiger partial charge on any atom is -0.450 e. The molecule has 33 heavy (non-hydrogen) atoms. The Balaban J connectivity index is 1.71. The van der Waals surface area contributed by atoms with Gasteiger partial charge in [0.05, 0.1) is 17.1 Å². The van der Waals surface area contributed by atoms with Crippen molar-refractivity contribution < 1.29 is 18.7 Å². The van der Waals surface area contributed by atoms with Crippen LogP contribution in [0, 0.1) is 13.8 Å². The first-order valence-electron chi connectivity index (χ1n) is 11.3. The number of aryl methyl sites for hydroxylation is 2. The Labute approximate surface area is 190 Å². The van der Waals surface area contributed by atoms with Crippen LogP contribution in [-0.2, 0) is 15.1 Å². The molecule has 2 atom stereocenters. The molecule has 0 aliphatic carbocycles. The summed E-state index contributed by atoms with van der Waals surface area (Å²) in [6.45, 7) is 4.69. The Morgan fingerprint density at radius 2 is 1.85 bits per heavy atom. The lowest BCUT2D eigenvalue weighted by Crippen LogP contribution is -2.54. The predicted molar refractivity (Wildman–Crippen MR) is 123 cm³/mol. The maximum Gasteiger partial charge on any atom is 0.291 e. The van der Waals surface area contributed by atoms with Gasteiger partial charge in [0.1, 0.15) is 5.58 Å². The first-order chi connectivity index (χ1) is 15.9. The zero-order valence-electron chi connectivity index (χ0n) is 18.8. The van der Waals surface area contributed by atoms with Gasteiger partial charge in [-0.3, -0.25) is 14.4 Å². The number of rotatable bonds is 2. The Morgan fingerprint density at radius 3 is 2.61 bits per heavy atom. The molecule has 1 fully saturated rings. The SMILES string of the molecule is Cc1cc2oc3c(c(=O)c2cc1C)C1(C(=O)N(C)c2ccccc21)N(CC1CCCO1)C3=O. The fourth-order valence-electron chi connectivity index (χ4n) is 5.59. The van der Waals surface area contributed by atoms with E-state index in [1.807, 2.05) is 38.1 Å². The highest BCUT2D eigenvalue weighted by Crippen LogP contribution is 2.52. The molecule has 0 saturated carbocycles. The van der Waals surface area contributed by atoms with Crippen LogP contribution in [0.2, 0.25) is 0 Å². The quantitative estimate of drug-likeness (QED) is 0.606. The van der Waals surface area contributed by atoms with Gasteiger partial charge >= 0.3 is 0 Å². The van der Waals surface area contributed by atoms with Crippen LogP contribution in [0.15, 0.2) is 45.6 Å². The van der Waals surface area contributed by atoms with Crippen molar-refractivity contribution in [3.05, 3.63) is 74.6 Å². The lowest BCUT2D eigenvalue weighted by molar-refractivity contribution is -0.126. The average molecular weight is 444 g/mol. The Morgan fingerprint density at radius 1 is 1.09 bits per heavy atom. The van der Waals surface area contributed by atoms with Gasteiger partial charge in [-0.05, 0) is 56.0 Å². The minimum atomic E-state index is -1.56. The smallest absolute Gasteiger partial charge is 0.291 e. The second-order valence-electron chi connectivity index (χ2n) is 9.21. The molecule has 7 heteroatoms. The maximum atomic E-state index is 14.0. The number of anilines is 1. The van der Waals surface area contributed by atoms with E-state index in [-0.39, 0.29) is 35.3 Å². The van der Waals surface area contributed by atoms with Gasteiger partial charge in [0, 0.05) is 31.5 Å². The monoisotopic (exact) mass is 444 g/mol. The first kappa shape index (κ1) is 20.2. The summed E-state index contributed by atoms with van der Waals surface area (Å²) >= 11 is 0. The Hall–Kier alpha value is -3.45. The largest absolute Gasteiger partial charge is 0.450 e. The van der Waals surface area contributed by atoms with Gasteiger partial charge in [-0.25, -0.2) is 0 Å². The second kappa shape index (κ2) is 6.78. The average Bonchev–Trinajstić information content (AvgIpc) is 3.46. The zero-order chi connectivity index (χ0) is 23.1. The summed E-state index contributed by atoms with van der Waals surface area (Å²) in [6, 6.07) is 10.9. The number of carbonyl (C=O) groups excluding carboxylic acids is 2. The highest BCUT2D eigenvalue weighted by molar-refractivity contribution is 6.16. The highest BCUT2D eigenvalue weighted by atomic mass is 16.5. The van der Waals surface area contributed by atoms with E-state index < -0.39 is 11.4 Å². The number of ether oxygens (including phenoxy) is 1. The van der Waals surface area contributed by atoms with Crippen LogP contribution < -0.4 is 10.3 Å². The molecule has 3 aromatic rings. The number of amides is 2. The van der Waals surface area contributed by atoms with E-state index in [1.165, 1.54) is 9.80 Å². The second-order valence-corrected chi connectivity index (χ2v) is 9.21. The molecular formula is C26H24N2O5. The minimum absolute atomic E-state index is 0.0489. The van der Waals surface area contributed by atoms with Gasteiger partial charge < -0.3 is 19.0 Å². The zero-order valence-corrected chi connectivity index (χ0v) is 18.8. The third-order valence-corrected chi connectivity index (χ3v) is 7.39. The summed E-state index contributed by atoms with van der Waals surface area (Å²) in [5.41, 5.74) is 1.79. The number of benzene rings is 2. The molecule has 1 saturated heterocycles. The van der Waals surface area contributed by atoms with E-state index in [2.05, 4.69) is 0 Å². The lowest BCUT2D eigenvalue weighted by atomic mass is 9.83. The Bertz CT molecular complexity index is 1420. The molecule has 2 unspecified atom stereocenters. The molecule has 2 aromatic carbocycles. The van der Waals surface area contributed by atoms with Gasteiger partial charge in [0.25, 0.3) is 11.8 Å². The molecule has 2 amide bonds. The van der Waals surface area contributed by atoms with Gasteiger partial charge in [-0.2, -0.15) is 0 Å². The van der Waals surface area contributed by atoms with Crippen LogP contribution in [0.4, 0.5) is 5.69 Å². The summed E-state index contributed by atoms with van der Waals surface area (Å²) in [4.78, 5) is 44.9. The number of para-hydroxylation sites is 1. The van der Waals surface area contributed by atoms with Crippen molar-refractivity contribution in [2.75, 3.05) is 25.1 Å². The summed E-state index contributed by atoms with van der Waals surface area (Å²) < 4.78 is 11.9. The number of hydrogen-bond donors (Lipinski definition) is 0. The third kappa shape index (κ3) is 2.45. The molecule has 3 aliphatic rings. The summed E-state index contributed by atoms with van der Waals surface area (Å²) in [6.07, 6.45) is 1.50. The van der Waals surface area contributed by atoms with Crippen LogP contribution in [0.25, 0.3) is 11.0 Å². The van der Waals surface area contributed by atoms with E-state index in [0.717, 1.165) is 24.0 Å². The van der Waals surface area contributed by atoms with Crippen LogP contribution in [0.5, 0.6) is 0 Å². The number of hydrogen-bond acceptors (Lipinski definition) is 5. The molecule has 168 valence electrons. The number of nitrogens with zero attached hydrogens (tertiary/aromatic N) is 2. The van der Waals surface area contributed by atoms with E-state index in [0.29, 0.717) is 28.8 Å². The number of carbonyl (C=O) groups is 2. The molecule has 0 radical (unpaired) electrons. The topological polar surface area (TPSA) is 80.1 Å². The summed E-state index contributed by atoms with van der Waals surface area (Å²) in [5.74, 6) is -0.826. The highest BCUT2D eigenvalue weighted by Gasteiger charge is 2.64. The van der Waals surface area contributed by atoms with Crippen molar-refractivity contribution in [1.29, 1.82) is 0 Å². The van der Waals surface area contributed by atoms with Crippen molar-refractivity contribution in [3.63, 3.8) is 0 Å². The molecule has 6 rings (SSSR count). The lowest BCUT2D eigenvalue weighted by Gasteiger charge is -2.35. The molecule has 0 N–H and O–H groups in total. The molecular weight excluding hydrogens is 420 g/mol. The van der Waals surface area contributed by atoms with Crippen molar-refractivity contribution in [1.82, 2.24) is 4.90 Å². The fourth-order valence-corrected chi connectivity index (χ4v) is 5.59. The fraction of sp³-hybridized carbons (Fsp3) is 0.346. The van der Waals surface area contributed by atoms with Crippen molar-refractivity contribution in [2.45, 2.75) is 38.3 Å².